The van der Waals surface area contributed by atoms with Crippen molar-refractivity contribution in [2.24, 2.45) is 0 Å². The Morgan fingerprint density at radius 1 is 1.17 bits per heavy atom. The molecule has 3 amide bonds. The maximum Gasteiger partial charge on any atom is 0.321 e. The van der Waals surface area contributed by atoms with Crippen LogP contribution in [0.15, 0.2) is 0 Å². The smallest absolute Gasteiger partial charge is 0.321 e. The molecule has 0 aromatic carbocycles. The Balaban J connectivity index is 3.93. The fraction of sp³-hybridized carbons (Fsp3) is 0.727. The second-order valence-corrected chi connectivity index (χ2v) is 3.85. The SMILES string of the molecule is CCCCNC(=O)NC(=O)CN(CC)CC(=O)O. The average molecular weight is 259 g/mol. The van der Waals surface area contributed by atoms with E-state index < -0.39 is 17.9 Å². The van der Waals surface area contributed by atoms with E-state index in [1.165, 1.54) is 4.90 Å². The summed E-state index contributed by atoms with van der Waals surface area (Å²) in [6.45, 7) is 4.36. The van der Waals surface area contributed by atoms with Crippen molar-refractivity contribution in [1.82, 2.24) is 15.5 Å². The number of unbranched alkanes of at least 4 members (excludes halogenated alkanes) is 1. The summed E-state index contributed by atoms with van der Waals surface area (Å²) >= 11 is 0. The molecule has 0 spiro atoms. The Kier molecular flexibility index (Phi) is 8.55. The molecule has 0 aliphatic heterocycles. The van der Waals surface area contributed by atoms with Gasteiger partial charge in [0.1, 0.15) is 0 Å². The Morgan fingerprint density at radius 3 is 2.33 bits per heavy atom. The molecule has 0 saturated carbocycles. The summed E-state index contributed by atoms with van der Waals surface area (Å²) < 4.78 is 0. The van der Waals surface area contributed by atoms with Crippen molar-refractivity contribution in [3.63, 3.8) is 0 Å². The van der Waals surface area contributed by atoms with Crippen molar-refractivity contribution in [1.29, 1.82) is 0 Å². The number of urea groups is 1. The van der Waals surface area contributed by atoms with Crippen molar-refractivity contribution in [2.75, 3.05) is 26.2 Å². The fourth-order valence-corrected chi connectivity index (χ4v) is 1.26. The second-order valence-electron chi connectivity index (χ2n) is 3.85. The van der Waals surface area contributed by atoms with Crippen molar-refractivity contribution >= 4 is 17.9 Å². The molecule has 0 aromatic heterocycles. The van der Waals surface area contributed by atoms with Gasteiger partial charge < -0.3 is 10.4 Å². The highest BCUT2D eigenvalue weighted by atomic mass is 16.4. The third-order valence-corrected chi connectivity index (χ3v) is 2.24. The third kappa shape index (κ3) is 8.51. The normalized spacial score (nSPS) is 10.2. The van der Waals surface area contributed by atoms with Crippen molar-refractivity contribution in [3.8, 4) is 0 Å². The Morgan fingerprint density at radius 2 is 1.83 bits per heavy atom. The lowest BCUT2D eigenvalue weighted by Gasteiger charge is -2.16. The van der Waals surface area contributed by atoms with Gasteiger partial charge in [0.05, 0.1) is 13.1 Å². The van der Waals surface area contributed by atoms with E-state index in [-0.39, 0.29) is 13.1 Å². The fourth-order valence-electron chi connectivity index (χ4n) is 1.26. The summed E-state index contributed by atoms with van der Waals surface area (Å²) in [5.74, 6) is -1.51. The van der Waals surface area contributed by atoms with Gasteiger partial charge in [0, 0.05) is 6.54 Å². The largest absolute Gasteiger partial charge is 0.480 e. The van der Waals surface area contributed by atoms with Crippen LogP contribution >= 0.6 is 0 Å². The molecule has 0 aromatic rings. The van der Waals surface area contributed by atoms with E-state index in [1.807, 2.05) is 6.92 Å². The van der Waals surface area contributed by atoms with Crippen LogP contribution in [0.5, 0.6) is 0 Å². The molecule has 0 aliphatic carbocycles. The van der Waals surface area contributed by atoms with Crippen molar-refractivity contribution in [2.45, 2.75) is 26.7 Å². The number of hydrogen-bond donors (Lipinski definition) is 3. The molecule has 3 N–H and O–H groups in total. The number of amides is 3. The zero-order valence-electron chi connectivity index (χ0n) is 10.9. The van der Waals surface area contributed by atoms with Gasteiger partial charge in [0.25, 0.3) is 0 Å². The van der Waals surface area contributed by atoms with Gasteiger partial charge in [-0.25, -0.2) is 4.79 Å². The van der Waals surface area contributed by atoms with Crippen LogP contribution in [-0.4, -0.2) is 54.1 Å². The zero-order valence-corrected chi connectivity index (χ0v) is 10.9. The quantitative estimate of drug-likeness (QED) is 0.534. The van der Waals surface area contributed by atoms with Crippen LogP contribution in [0.4, 0.5) is 4.79 Å². The van der Waals surface area contributed by atoms with Gasteiger partial charge in [0.15, 0.2) is 0 Å². The van der Waals surface area contributed by atoms with Gasteiger partial charge in [-0.3, -0.25) is 19.8 Å². The van der Waals surface area contributed by atoms with Crippen molar-refractivity contribution in [3.05, 3.63) is 0 Å². The molecule has 0 unspecified atom stereocenters. The molecule has 0 bridgehead atoms. The van der Waals surface area contributed by atoms with E-state index in [1.54, 1.807) is 6.92 Å². The minimum Gasteiger partial charge on any atom is -0.480 e. The molecule has 104 valence electrons. The number of carbonyl (C=O) groups excluding carboxylic acids is 2. The van der Waals surface area contributed by atoms with Crippen LogP contribution in [0.3, 0.4) is 0 Å². The van der Waals surface area contributed by atoms with Gasteiger partial charge in [-0.05, 0) is 13.0 Å². The van der Waals surface area contributed by atoms with Crippen LogP contribution < -0.4 is 10.6 Å². The van der Waals surface area contributed by atoms with Gasteiger partial charge in [0.2, 0.25) is 5.91 Å². The van der Waals surface area contributed by atoms with Crippen LogP contribution in [0.1, 0.15) is 26.7 Å². The van der Waals surface area contributed by atoms with Gasteiger partial charge >= 0.3 is 12.0 Å². The number of imide groups is 1. The van der Waals surface area contributed by atoms with Crippen molar-refractivity contribution < 1.29 is 19.5 Å². The number of rotatable bonds is 8. The van der Waals surface area contributed by atoms with Gasteiger partial charge in [-0.1, -0.05) is 20.3 Å². The summed E-state index contributed by atoms with van der Waals surface area (Å²) in [5, 5.41) is 13.3. The zero-order chi connectivity index (χ0) is 14.0. The Hall–Kier alpha value is -1.63. The van der Waals surface area contributed by atoms with E-state index in [4.69, 9.17) is 5.11 Å². The predicted octanol–water partition coefficient (Wildman–Crippen LogP) is 0.0188. The highest BCUT2D eigenvalue weighted by molar-refractivity contribution is 5.95. The summed E-state index contributed by atoms with van der Waals surface area (Å²) in [5.41, 5.74) is 0. The molecule has 7 heteroatoms. The average Bonchev–Trinajstić information content (AvgIpc) is 2.27. The third-order valence-electron chi connectivity index (χ3n) is 2.24. The Labute approximate surface area is 107 Å². The second kappa shape index (κ2) is 9.41. The molecule has 7 nitrogen and oxygen atoms in total. The molecule has 0 heterocycles. The molecular formula is C11H21N3O4. The van der Waals surface area contributed by atoms with Crippen LogP contribution in [0, 0.1) is 0 Å². The first kappa shape index (κ1) is 16.4. The number of nitrogens with zero attached hydrogens (tertiary/aromatic N) is 1. The molecule has 0 atom stereocenters. The number of carboxylic acid groups (broad SMARTS) is 1. The lowest BCUT2D eigenvalue weighted by molar-refractivity contribution is -0.138. The van der Waals surface area contributed by atoms with Crippen LogP contribution in [0.25, 0.3) is 0 Å². The number of carboxylic acids is 1. The number of carbonyl (C=O) groups is 3. The summed E-state index contributed by atoms with van der Waals surface area (Å²) in [6.07, 6.45) is 1.80. The first-order valence-corrected chi connectivity index (χ1v) is 6.01. The van der Waals surface area contributed by atoms with Crippen LogP contribution in [0.2, 0.25) is 0 Å². The maximum absolute atomic E-state index is 11.4. The molecule has 18 heavy (non-hydrogen) atoms. The monoisotopic (exact) mass is 259 g/mol. The first-order chi connectivity index (χ1) is 8.49. The highest BCUT2D eigenvalue weighted by Crippen LogP contribution is 1.87. The standard InChI is InChI=1S/C11H21N3O4/c1-3-5-6-12-11(18)13-9(15)7-14(4-2)8-10(16)17/h3-8H2,1-2H3,(H,16,17)(H2,12,13,15,18). The lowest BCUT2D eigenvalue weighted by atomic mass is 10.3. The molecule has 0 fully saturated rings. The summed E-state index contributed by atoms with van der Waals surface area (Å²) in [7, 11) is 0. The maximum atomic E-state index is 11.4. The molecule has 0 radical (unpaired) electrons. The minimum absolute atomic E-state index is 0.107. The number of hydrogen-bond acceptors (Lipinski definition) is 4. The Bertz CT molecular complexity index is 294. The van der Waals surface area contributed by atoms with Crippen LogP contribution in [-0.2, 0) is 9.59 Å². The molecule has 0 saturated heterocycles. The topological polar surface area (TPSA) is 98.7 Å². The first-order valence-electron chi connectivity index (χ1n) is 6.01. The summed E-state index contributed by atoms with van der Waals surface area (Å²) in [4.78, 5) is 34.6. The minimum atomic E-state index is -1.00. The lowest BCUT2D eigenvalue weighted by Crippen LogP contribution is -2.45. The van der Waals surface area contributed by atoms with Gasteiger partial charge in [-0.15, -0.1) is 0 Å². The predicted molar refractivity (Wildman–Crippen MR) is 66.2 cm³/mol. The molecular weight excluding hydrogens is 238 g/mol. The van der Waals surface area contributed by atoms with Gasteiger partial charge in [-0.2, -0.15) is 0 Å². The molecule has 0 aliphatic rings. The van der Waals surface area contributed by atoms with E-state index >= 15 is 0 Å². The van der Waals surface area contributed by atoms with E-state index in [0.717, 1.165) is 12.8 Å². The number of aliphatic carboxylic acids is 1. The van der Waals surface area contributed by atoms with E-state index in [9.17, 15) is 14.4 Å². The number of nitrogens with one attached hydrogen (secondary N) is 2. The van der Waals surface area contributed by atoms with E-state index in [2.05, 4.69) is 10.6 Å². The highest BCUT2D eigenvalue weighted by Gasteiger charge is 2.13. The van der Waals surface area contributed by atoms with E-state index in [0.29, 0.717) is 13.1 Å². The molecule has 0 rings (SSSR count). The summed E-state index contributed by atoms with van der Waals surface area (Å²) in [6, 6.07) is -0.542. The number of likely N-dealkylation sites (N-methyl/N-ethyl adjacent to an activating group) is 1.